The van der Waals surface area contributed by atoms with Crippen LogP contribution in [0.4, 0.5) is 11.5 Å². The summed E-state index contributed by atoms with van der Waals surface area (Å²) in [7, 11) is 0. The van der Waals surface area contributed by atoms with Crippen LogP contribution in [0.15, 0.2) is 24.3 Å². The molecule has 0 radical (unpaired) electrons. The molecule has 6 nitrogen and oxygen atoms in total. The number of benzene rings is 1. The number of anilines is 2. The second-order valence-corrected chi connectivity index (χ2v) is 7.64. The Bertz CT molecular complexity index is 935. The molecule has 1 aromatic heterocycles. The molecule has 0 aliphatic carbocycles. The van der Waals surface area contributed by atoms with E-state index in [0.29, 0.717) is 17.9 Å². The third-order valence-corrected chi connectivity index (χ3v) is 5.93. The van der Waals surface area contributed by atoms with Crippen molar-refractivity contribution < 1.29 is 9.53 Å². The first-order chi connectivity index (χ1) is 13.6. The van der Waals surface area contributed by atoms with Crippen LogP contribution in [-0.2, 0) is 22.5 Å². The molecule has 1 fully saturated rings. The molecule has 0 saturated carbocycles. The Labute approximate surface area is 165 Å². The van der Waals surface area contributed by atoms with Crippen LogP contribution in [-0.4, -0.2) is 36.3 Å². The maximum atomic E-state index is 12.8. The molecule has 1 aromatic carbocycles. The second kappa shape index (κ2) is 7.69. The zero-order chi connectivity index (χ0) is 19.7. The van der Waals surface area contributed by atoms with Gasteiger partial charge in [0, 0.05) is 24.5 Å². The van der Waals surface area contributed by atoms with E-state index < -0.39 is 0 Å². The van der Waals surface area contributed by atoms with Gasteiger partial charge in [0.25, 0.3) is 0 Å². The fourth-order valence-electron chi connectivity index (χ4n) is 4.27. The number of carbonyl (C=O) groups excluding carboxylic acids is 1. The van der Waals surface area contributed by atoms with Crippen molar-refractivity contribution in [3.8, 4) is 6.07 Å². The van der Waals surface area contributed by atoms with E-state index in [1.165, 1.54) is 5.56 Å². The van der Waals surface area contributed by atoms with Gasteiger partial charge in [-0.25, -0.2) is 0 Å². The molecule has 1 atom stereocenters. The number of amides is 1. The lowest BCUT2D eigenvalue weighted by molar-refractivity contribution is -0.115. The number of nitrogens with one attached hydrogen (secondary N) is 1. The zero-order valence-electron chi connectivity index (χ0n) is 16.5. The predicted molar refractivity (Wildman–Crippen MR) is 109 cm³/mol. The molecule has 2 aromatic rings. The first-order valence-corrected chi connectivity index (χ1v) is 9.92. The number of fused-ring (bicyclic) bond motifs is 1. The van der Waals surface area contributed by atoms with E-state index >= 15 is 0 Å². The van der Waals surface area contributed by atoms with E-state index in [1.54, 1.807) is 0 Å². The van der Waals surface area contributed by atoms with E-state index in [-0.39, 0.29) is 18.6 Å². The van der Waals surface area contributed by atoms with Crippen LogP contribution in [0, 0.1) is 25.2 Å². The van der Waals surface area contributed by atoms with Gasteiger partial charge in [0.05, 0.1) is 24.8 Å². The number of ether oxygens (including phenoxy) is 1. The minimum Gasteiger partial charge on any atom is -0.376 e. The highest BCUT2D eigenvalue weighted by Crippen LogP contribution is 2.30. The summed E-state index contributed by atoms with van der Waals surface area (Å²) in [6.45, 7) is 6.50. The molecule has 146 valence electrons. The minimum atomic E-state index is -0.0979. The molecule has 28 heavy (non-hydrogen) atoms. The Morgan fingerprint density at radius 2 is 2.18 bits per heavy atom. The normalized spacial score (nSPS) is 18.2. The number of para-hydroxylation sites is 1. The van der Waals surface area contributed by atoms with Gasteiger partial charge in [-0.15, -0.1) is 0 Å². The van der Waals surface area contributed by atoms with Crippen LogP contribution in [0.3, 0.4) is 0 Å². The summed E-state index contributed by atoms with van der Waals surface area (Å²) < 4.78 is 7.82. The van der Waals surface area contributed by atoms with Crippen LogP contribution in [0.5, 0.6) is 0 Å². The van der Waals surface area contributed by atoms with Gasteiger partial charge < -0.3 is 19.5 Å². The highest BCUT2D eigenvalue weighted by atomic mass is 16.5. The third kappa shape index (κ3) is 3.38. The molecule has 1 saturated heterocycles. The van der Waals surface area contributed by atoms with E-state index in [9.17, 15) is 10.1 Å². The molecular weight excluding hydrogens is 352 g/mol. The molecule has 0 bridgehead atoms. The Kier molecular flexibility index (Phi) is 5.10. The number of nitrogens with zero attached hydrogens (tertiary/aromatic N) is 3. The van der Waals surface area contributed by atoms with E-state index in [2.05, 4.69) is 28.4 Å². The van der Waals surface area contributed by atoms with Gasteiger partial charge >= 0.3 is 0 Å². The van der Waals surface area contributed by atoms with Gasteiger partial charge in [0.2, 0.25) is 5.91 Å². The fourth-order valence-corrected chi connectivity index (χ4v) is 4.27. The molecule has 3 heterocycles. The average molecular weight is 378 g/mol. The topological polar surface area (TPSA) is 70.3 Å². The van der Waals surface area contributed by atoms with Crippen LogP contribution in [0.1, 0.15) is 35.2 Å². The van der Waals surface area contributed by atoms with E-state index in [4.69, 9.17) is 4.74 Å². The second-order valence-electron chi connectivity index (χ2n) is 7.64. The third-order valence-electron chi connectivity index (χ3n) is 5.93. The lowest BCUT2D eigenvalue weighted by Gasteiger charge is -2.20. The monoisotopic (exact) mass is 378 g/mol. The maximum absolute atomic E-state index is 12.8. The molecule has 1 N–H and O–H groups in total. The zero-order valence-corrected chi connectivity index (χ0v) is 16.5. The van der Waals surface area contributed by atoms with Gasteiger partial charge in [-0.2, -0.15) is 5.26 Å². The molecule has 4 rings (SSSR count). The maximum Gasteiger partial charge on any atom is 0.245 e. The van der Waals surface area contributed by atoms with Gasteiger partial charge in [0.15, 0.2) is 0 Å². The number of rotatable bonds is 5. The summed E-state index contributed by atoms with van der Waals surface area (Å²) in [6, 6.07) is 10.5. The van der Waals surface area contributed by atoms with Crippen molar-refractivity contribution >= 4 is 17.4 Å². The summed E-state index contributed by atoms with van der Waals surface area (Å²) >= 11 is 0. The number of aromatic nitrogens is 1. The fraction of sp³-hybridized carbons (Fsp3) is 0.455. The van der Waals surface area contributed by atoms with Gasteiger partial charge in [0.1, 0.15) is 11.9 Å². The SMILES string of the molecule is Cc1c(C#N)c(NC(=O)CN2CCc3ccccc32)n(CC2CCCO2)c1C. The Hall–Kier alpha value is -2.78. The quantitative estimate of drug-likeness (QED) is 0.868. The number of carbonyl (C=O) groups is 1. The van der Waals surface area contributed by atoms with Crippen molar-refractivity contribution in [1.82, 2.24) is 4.57 Å². The smallest absolute Gasteiger partial charge is 0.245 e. The van der Waals surface area contributed by atoms with Crippen LogP contribution >= 0.6 is 0 Å². The highest BCUT2D eigenvalue weighted by Gasteiger charge is 2.25. The predicted octanol–water partition coefficient (Wildman–Crippen LogP) is 3.16. The molecule has 1 unspecified atom stereocenters. The summed E-state index contributed by atoms with van der Waals surface area (Å²) in [6.07, 6.45) is 3.17. The Morgan fingerprint density at radius 1 is 1.36 bits per heavy atom. The molecule has 2 aliphatic heterocycles. The van der Waals surface area contributed by atoms with Crippen LogP contribution in [0.25, 0.3) is 0 Å². The van der Waals surface area contributed by atoms with Crippen molar-refractivity contribution in [3.63, 3.8) is 0 Å². The van der Waals surface area contributed by atoms with Crippen molar-refractivity contribution in [1.29, 1.82) is 5.26 Å². The molecule has 6 heteroatoms. The first kappa shape index (κ1) is 18.6. The van der Waals surface area contributed by atoms with Crippen molar-refractivity contribution in [2.45, 2.75) is 45.8 Å². The molecular formula is C22H26N4O2. The largest absolute Gasteiger partial charge is 0.376 e. The molecule has 1 amide bonds. The summed E-state index contributed by atoms with van der Waals surface area (Å²) in [5, 5.41) is 12.7. The average Bonchev–Trinajstić information content (AvgIpc) is 3.39. The van der Waals surface area contributed by atoms with Gasteiger partial charge in [-0.05, 0) is 50.3 Å². The summed E-state index contributed by atoms with van der Waals surface area (Å²) in [5.74, 6) is 0.504. The standard InChI is InChI=1S/C22H26N4O2/c1-15-16(2)26(13-18-7-5-11-28-18)22(19(15)12-23)24-21(27)14-25-10-9-17-6-3-4-8-20(17)25/h3-4,6,8,18H,5,7,9-11,13-14H2,1-2H3,(H,24,27). The number of hydrogen-bond acceptors (Lipinski definition) is 4. The number of nitriles is 1. The number of hydrogen-bond donors (Lipinski definition) is 1. The molecule has 0 spiro atoms. The molecule has 2 aliphatic rings. The van der Waals surface area contributed by atoms with Gasteiger partial charge in [-0.1, -0.05) is 18.2 Å². The summed E-state index contributed by atoms with van der Waals surface area (Å²) in [4.78, 5) is 15.0. The minimum absolute atomic E-state index is 0.0979. The highest BCUT2D eigenvalue weighted by molar-refractivity contribution is 5.95. The van der Waals surface area contributed by atoms with Crippen LogP contribution < -0.4 is 10.2 Å². The van der Waals surface area contributed by atoms with Crippen molar-refractivity contribution in [2.75, 3.05) is 29.9 Å². The Balaban J connectivity index is 1.54. The Morgan fingerprint density at radius 3 is 2.93 bits per heavy atom. The lowest BCUT2D eigenvalue weighted by Crippen LogP contribution is -2.33. The van der Waals surface area contributed by atoms with Crippen molar-refractivity contribution in [2.24, 2.45) is 0 Å². The summed E-state index contributed by atoms with van der Waals surface area (Å²) in [5.41, 5.74) is 4.88. The first-order valence-electron chi connectivity index (χ1n) is 9.92. The lowest BCUT2D eigenvalue weighted by atomic mass is 10.2. The van der Waals surface area contributed by atoms with Crippen molar-refractivity contribution in [3.05, 3.63) is 46.6 Å². The van der Waals surface area contributed by atoms with E-state index in [0.717, 1.165) is 49.4 Å². The van der Waals surface area contributed by atoms with Crippen LogP contribution in [0.2, 0.25) is 0 Å². The van der Waals surface area contributed by atoms with E-state index in [1.807, 2.05) is 30.5 Å². The van der Waals surface area contributed by atoms with Gasteiger partial charge in [-0.3, -0.25) is 4.79 Å².